The van der Waals surface area contributed by atoms with Gasteiger partial charge in [0, 0.05) is 30.6 Å². The Morgan fingerprint density at radius 3 is 2.38 bits per heavy atom. The van der Waals surface area contributed by atoms with Crippen molar-refractivity contribution in [2.75, 3.05) is 17.6 Å². The number of nitrogens with zero attached hydrogens (tertiary/aromatic N) is 1. The highest BCUT2D eigenvalue weighted by Gasteiger charge is 2.28. The normalized spacial score (nSPS) is 12.3. The van der Waals surface area contributed by atoms with Crippen LogP contribution in [-0.4, -0.2) is 58.2 Å². The number of nitrogens with two attached hydrogens (primary N) is 1. The third-order valence-electron chi connectivity index (χ3n) is 5.47. The number of pyridine rings is 1. The fourth-order valence-electron chi connectivity index (χ4n) is 3.38. The molecule has 2 rings (SSSR count). The summed E-state index contributed by atoms with van der Waals surface area (Å²) in [6.07, 6.45) is 2.53. The number of hydrogen-bond acceptors (Lipinski definition) is 8. The zero-order valence-electron chi connectivity index (χ0n) is 22.0. The second-order valence-electron chi connectivity index (χ2n) is 8.95. The highest BCUT2D eigenvalue weighted by molar-refractivity contribution is 8.76. The van der Waals surface area contributed by atoms with Crippen molar-refractivity contribution in [3.05, 3.63) is 54.2 Å². The Morgan fingerprint density at radius 2 is 1.77 bits per heavy atom. The van der Waals surface area contributed by atoms with E-state index in [9.17, 15) is 24.3 Å². The van der Waals surface area contributed by atoms with Gasteiger partial charge in [0.25, 0.3) is 0 Å². The Kier molecular flexibility index (Phi) is 14.2. The van der Waals surface area contributed by atoms with E-state index in [0.717, 1.165) is 5.03 Å². The molecule has 0 aliphatic heterocycles. The van der Waals surface area contributed by atoms with E-state index in [1.54, 1.807) is 30.5 Å². The summed E-state index contributed by atoms with van der Waals surface area (Å²) in [4.78, 5) is 54.0. The lowest BCUT2D eigenvalue weighted by Crippen LogP contribution is -2.54. The first-order valence-electron chi connectivity index (χ1n) is 12.5. The third-order valence-corrected chi connectivity index (χ3v) is 7.73. The van der Waals surface area contributed by atoms with Crippen LogP contribution in [0.25, 0.3) is 0 Å². The zero-order valence-corrected chi connectivity index (χ0v) is 23.6. The average Bonchev–Trinajstić information content (AvgIpc) is 2.92. The molecule has 0 aliphatic rings. The molecule has 5 amide bonds. The van der Waals surface area contributed by atoms with E-state index >= 15 is 0 Å². The quantitative estimate of drug-likeness (QED) is 0.130. The number of urea groups is 1. The molecule has 0 bridgehead atoms. The minimum absolute atomic E-state index is 0.121. The minimum Gasteiger partial charge on any atom is -0.392 e. The predicted molar refractivity (Wildman–Crippen MR) is 154 cm³/mol. The maximum Gasteiger partial charge on any atom is 0.312 e. The Hall–Kier alpha value is -3.29. The van der Waals surface area contributed by atoms with Crippen LogP contribution < -0.4 is 27.0 Å². The number of aromatic nitrogens is 1. The summed E-state index contributed by atoms with van der Waals surface area (Å²) < 4.78 is 0. The standard InChI is InChI=1S/C26H36N6O5S2/c1-17(2)23(32-21(34)12-15-38-39-22-7-3-4-13-28-22)25(36)31-20(6-5-14-29-26(27)37)24(35)30-19-10-8-18(16-33)9-11-19/h3-4,7-11,13,17,20,23,33H,5-6,12,14-16H2,1-2H3,(H,30,35)(H,31,36)(H,32,34)(H3,27,29,37)/t20-,23-/m0/s1. The van der Waals surface area contributed by atoms with Gasteiger partial charge in [-0.05, 0) is 59.4 Å². The molecule has 2 atom stereocenters. The lowest BCUT2D eigenvalue weighted by atomic mass is 10.0. The van der Waals surface area contributed by atoms with Crippen molar-refractivity contribution < 1.29 is 24.3 Å². The van der Waals surface area contributed by atoms with E-state index < -0.39 is 29.9 Å². The van der Waals surface area contributed by atoms with Crippen LogP contribution >= 0.6 is 21.6 Å². The Morgan fingerprint density at radius 1 is 1.03 bits per heavy atom. The summed E-state index contributed by atoms with van der Waals surface area (Å²) >= 11 is 0. The second-order valence-corrected chi connectivity index (χ2v) is 11.4. The summed E-state index contributed by atoms with van der Waals surface area (Å²) in [6.45, 7) is 3.73. The molecular formula is C26H36N6O5S2. The van der Waals surface area contributed by atoms with Gasteiger partial charge in [0.1, 0.15) is 17.1 Å². The van der Waals surface area contributed by atoms with Crippen molar-refractivity contribution in [2.24, 2.45) is 11.7 Å². The van der Waals surface area contributed by atoms with E-state index in [-0.39, 0.29) is 37.8 Å². The molecule has 0 saturated carbocycles. The van der Waals surface area contributed by atoms with Gasteiger partial charge in [0.2, 0.25) is 17.7 Å². The fraction of sp³-hybridized carbons (Fsp3) is 0.423. The van der Waals surface area contributed by atoms with Gasteiger partial charge in [-0.25, -0.2) is 9.78 Å². The number of aliphatic hydroxyl groups excluding tert-OH is 1. The lowest BCUT2D eigenvalue weighted by Gasteiger charge is -2.25. The van der Waals surface area contributed by atoms with Crippen LogP contribution in [0.15, 0.2) is 53.7 Å². The number of rotatable bonds is 16. The number of benzene rings is 1. The summed E-state index contributed by atoms with van der Waals surface area (Å²) in [5.41, 5.74) is 6.30. The van der Waals surface area contributed by atoms with E-state index in [4.69, 9.17) is 5.73 Å². The average molecular weight is 577 g/mol. The number of carbonyl (C=O) groups is 4. The molecule has 0 fully saturated rings. The number of carbonyl (C=O) groups excluding carboxylic acids is 4. The van der Waals surface area contributed by atoms with Crippen LogP contribution in [0.1, 0.15) is 38.7 Å². The van der Waals surface area contributed by atoms with Gasteiger partial charge in [-0.2, -0.15) is 0 Å². The third kappa shape index (κ3) is 12.4. The first-order valence-corrected chi connectivity index (χ1v) is 14.9. The van der Waals surface area contributed by atoms with E-state index in [2.05, 4.69) is 26.3 Å². The van der Waals surface area contributed by atoms with Crippen LogP contribution in [0.3, 0.4) is 0 Å². The van der Waals surface area contributed by atoms with Gasteiger partial charge in [0.05, 0.1) is 6.61 Å². The smallest absolute Gasteiger partial charge is 0.312 e. The molecule has 1 heterocycles. The highest BCUT2D eigenvalue weighted by atomic mass is 33.1. The molecule has 39 heavy (non-hydrogen) atoms. The van der Waals surface area contributed by atoms with Crippen molar-refractivity contribution in [2.45, 2.75) is 56.8 Å². The molecule has 1 aromatic carbocycles. The van der Waals surface area contributed by atoms with Crippen LogP contribution in [-0.2, 0) is 21.0 Å². The van der Waals surface area contributed by atoms with E-state index in [0.29, 0.717) is 23.4 Å². The Labute approximate surface area is 236 Å². The Bertz CT molecular complexity index is 1070. The highest BCUT2D eigenvalue weighted by Crippen LogP contribution is 2.29. The molecule has 0 spiro atoms. The number of amides is 5. The van der Waals surface area contributed by atoms with Gasteiger partial charge < -0.3 is 32.1 Å². The van der Waals surface area contributed by atoms with Gasteiger partial charge in [-0.1, -0.05) is 42.8 Å². The van der Waals surface area contributed by atoms with Crippen molar-refractivity contribution in [3.63, 3.8) is 0 Å². The monoisotopic (exact) mass is 576 g/mol. The van der Waals surface area contributed by atoms with E-state index in [1.807, 2.05) is 32.0 Å². The number of anilines is 1. The van der Waals surface area contributed by atoms with Gasteiger partial charge >= 0.3 is 6.03 Å². The zero-order chi connectivity index (χ0) is 28.6. The topological polar surface area (TPSA) is 176 Å². The SMILES string of the molecule is CC(C)[C@H](NC(=O)CCSSc1ccccn1)C(=O)N[C@@H](CCCNC(N)=O)C(=O)Nc1ccc(CO)cc1. The van der Waals surface area contributed by atoms with Gasteiger partial charge in [-0.15, -0.1) is 0 Å². The molecule has 13 heteroatoms. The molecule has 11 nitrogen and oxygen atoms in total. The molecule has 1 aromatic heterocycles. The van der Waals surface area contributed by atoms with Crippen molar-refractivity contribution >= 4 is 51.0 Å². The maximum absolute atomic E-state index is 13.2. The van der Waals surface area contributed by atoms with Crippen LogP contribution in [0.4, 0.5) is 10.5 Å². The summed E-state index contributed by atoms with van der Waals surface area (Å²) in [5, 5.41) is 20.8. The van der Waals surface area contributed by atoms with Crippen molar-refractivity contribution in [1.82, 2.24) is 20.9 Å². The minimum atomic E-state index is -0.923. The summed E-state index contributed by atoms with van der Waals surface area (Å²) in [5.74, 6) is -0.889. The van der Waals surface area contributed by atoms with Crippen LogP contribution in [0, 0.1) is 5.92 Å². The number of nitrogens with one attached hydrogen (secondary N) is 4. The number of hydrogen-bond donors (Lipinski definition) is 6. The predicted octanol–water partition coefficient (Wildman–Crippen LogP) is 2.42. The van der Waals surface area contributed by atoms with Crippen molar-refractivity contribution in [3.8, 4) is 0 Å². The molecule has 0 unspecified atom stereocenters. The van der Waals surface area contributed by atoms with E-state index in [1.165, 1.54) is 21.6 Å². The molecule has 0 aliphatic carbocycles. The molecule has 0 saturated heterocycles. The largest absolute Gasteiger partial charge is 0.392 e. The summed E-state index contributed by atoms with van der Waals surface area (Å²) in [6, 6.07) is 9.83. The van der Waals surface area contributed by atoms with Crippen LogP contribution in [0.2, 0.25) is 0 Å². The van der Waals surface area contributed by atoms with Gasteiger partial charge in [-0.3, -0.25) is 14.4 Å². The lowest BCUT2D eigenvalue weighted by molar-refractivity contribution is -0.132. The van der Waals surface area contributed by atoms with Crippen LogP contribution in [0.5, 0.6) is 0 Å². The first kappa shape index (κ1) is 31.9. The molecular weight excluding hydrogens is 540 g/mol. The number of primary amides is 1. The maximum atomic E-state index is 13.2. The van der Waals surface area contributed by atoms with Gasteiger partial charge in [0.15, 0.2) is 0 Å². The Balaban J connectivity index is 1.96. The number of aliphatic hydroxyl groups is 1. The first-order chi connectivity index (χ1) is 18.7. The molecule has 212 valence electrons. The molecule has 0 radical (unpaired) electrons. The molecule has 2 aromatic rings. The fourth-order valence-corrected chi connectivity index (χ4v) is 5.25. The second kappa shape index (κ2) is 17.3. The summed E-state index contributed by atoms with van der Waals surface area (Å²) in [7, 11) is 2.97. The van der Waals surface area contributed by atoms with Crippen molar-refractivity contribution in [1.29, 1.82) is 0 Å². The molecule has 7 N–H and O–H groups in total.